The quantitative estimate of drug-likeness (QED) is 0.715. The number of ether oxygens (including phenoxy) is 1. The first kappa shape index (κ1) is 14.4. The first-order valence-electron chi connectivity index (χ1n) is 5.72. The van der Waals surface area contributed by atoms with Gasteiger partial charge in [-0.3, -0.25) is 4.79 Å². The molecule has 0 saturated carbocycles. The van der Waals surface area contributed by atoms with Gasteiger partial charge in [-0.2, -0.15) is 0 Å². The summed E-state index contributed by atoms with van der Waals surface area (Å²) in [4.78, 5) is 11.6. The number of esters is 1. The second-order valence-electron chi connectivity index (χ2n) is 5.15. The first-order chi connectivity index (χ1) is 6.76. The highest BCUT2D eigenvalue weighted by atomic mass is 16.6. The summed E-state index contributed by atoms with van der Waals surface area (Å²) < 4.78 is 5.29. The Labute approximate surface area is 93.6 Å². The summed E-state index contributed by atoms with van der Waals surface area (Å²) in [6, 6.07) is 0.454. The van der Waals surface area contributed by atoms with E-state index in [0.717, 1.165) is 6.42 Å². The van der Waals surface area contributed by atoms with Gasteiger partial charge in [-0.05, 0) is 34.1 Å². The molecule has 0 heterocycles. The lowest BCUT2D eigenvalue weighted by atomic mass is 10.1. The number of carbonyl (C=O) groups excluding carboxylic acids is 1. The van der Waals surface area contributed by atoms with Gasteiger partial charge in [0.25, 0.3) is 0 Å². The van der Waals surface area contributed by atoms with E-state index in [2.05, 4.69) is 19.2 Å². The predicted octanol–water partition coefficient (Wildman–Crippen LogP) is 2.35. The van der Waals surface area contributed by atoms with Crippen LogP contribution in [0.4, 0.5) is 0 Å². The average Bonchev–Trinajstić information content (AvgIpc) is 2.10. The first-order valence-corrected chi connectivity index (χ1v) is 5.72. The van der Waals surface area contributed by atoms with Crippen LogP contribution in [0.15, 0.2) is 0 Å². The van der Waals surface area contributed by atoms with Crippen molar-refractivity contribution in [2.45, 2.75) is 59.6 Å². The van der Waals surface area contributed by atoms with Crippen molar-refractivity contribution in [2.75, 3.05) is 6.54 Å². The van der Waals surface area contributed by atoms with Gasteiger partial charge in [0.05, 0.1) is 5.92 Å². The molecular formula is C12H25NO2. The van der Waals surface area contributed by atoms with Crippen molar-refractivity contribution in [3.8, 4) is 0 Å². The van der Waals surface area contributed by atoms with Crippen molar-refractivity contribution < 1.29 is 9.53 Å². The van der Waals surface area contributed by atoms with Crippen molar-refractivity contribution in [3.05, 3.63) is 0 Å². The van der Waals surface area contributed by atoms with Crippen LogP contribution in [0.1, 0.15) is 48.0 Å². The predicted molar refractivity (Wildman–Crippen MR) is 62.8 cm³/mol. The zero-order valence-electron chi connectivity index (χ0n) is 10.9. The molecule has 0 fully saturated rings. The third kappa shape index (κ3) is 7.37. The van der Waals surface area contributed by atoms with Gasteiger partial charge < -0.3 is 10.1 Å². The molecule has 0 aromatic heterocycles. The van der Waals surface area contributed by atoms with Gasteiger partial charge in [0.2, 0.25) is 0 Å². The normalized spacial score (nSPS) is 15.9. The minimum atomic E-state index is -0.387. The van der Waals surface area contributed by atoms with Crippen molar-refractivity contribution >= 4 is 5.97 Å². The summed E-state index contributed by atoms with van der Waals surface area (Å²) in [5, 5.41) is 3.30. The molecule has 0 rings (SSSR count). The van der Waals surface area contributed by atoms with Crippen LogP contribution in [0.5, 0.6) is 0 Å². The summed E-state index contributed by atoms with van der Waals surface area (Å²) in [7, 11) is 0. The van der Waals surface area contributed by atoms with Gasteiger partial charge in [0, 0.05) is 12.6 Å². The molecular weight excluding hydrogens is 190 g/mol. The highest BCUT2D eigenvalue weighted by Gasteiger charge is 2.21. The Bertz CT molecular complexity index is 196. The molecule has 0 aromatic rings. The zero-order valence-corrected chi connectivity index (χ0v) is 10.9. The van der Waals surface area contributed by atoms with Gasteiger partial charge in [-0.15, -0.1) is 0 Å². The Kier molecular flexibility index (Phi) is 5.88. The van der Waals surface area contributed by atoms with E-state index in [1.54, 1.807) is 0 Å². The summed E-state index contributed by atoms with van der Waals surface area (Å²) >= 11 is 0. The van der Waals surface area contributed by atoms with Crippen LogP contribution in [0.25, 0.3) is 0 Å². The fourth-order valence-corrected chi connectivity index (χ4v) is 1.01. The Hall–Kier alpha value is -0.570. The van der Waals surface area contributed by atoms with Crippen LogP contribution in [0, 0.1) is 5.92 Å². The minimum Gasteiger partial charge on any atom is -0.460 e. The van der Waals surface area contributed by atoms with Crippen LogP contribution < -0.4 is 5.32 Å². The van der Waals surface area contributed by atoms with Gasteiger partial charge in [0.1, 0.15) is 5.60 Å². The second kappa shape index (κ2) is 6.11. The lowest BCUT2D eigenvalue weighted by molar-refractivity contribution is -0.159. The highest BCUT2D eigenvalue weighted by molar-refractivity contribution is 5.72. The molecule has 0 aromatic carbocycles. The molecule has 0 aliphatic heterocycles. The average molecular weight is 215 g/mol. The number of rotatable bonds is 5. The van der Waals surface area contributed by atoms with Crippen molar-refractivity contribution in [1.82, 2.24) is 5.32 Å². The van der Waals surface area contributed by atoms with Gasteiger partial charge in [-0.25, -0.2) is 0 Å². The maximum Gasteiger partial charge on any atom is 0.310 e. The second-order valence-corrected chi connectivity index (χ2v) is 5.15. The molecule has 1 N–H and O–H groups in total. The van der Waals surface area contributed by atoms with Crippen LogP contribution in [0.3, 0.4) is 0 Å². The molecule has 0 unspecified atom stereocenters. The molecule has 0 spiro atoms. The molecule has 90 valence electrons. The van der Waals surface area contributed by atoms with Crippen LogP contribution in [0.2, 0.25) is 0 Å². The SMILES string of the molecule is CC[C@@H](C)NC[C@H](C)C(=O)OC(C)(C)C. The number of hydrogen-bond donors (Lipinski definition) is 1. The molecule has 0 amide bonds. The Balaban J connectivity index is 3.90. The van der Waals surface area contributed by atoms with Crippen molar-refractivity contribution in [2.24, 2.45) is 5.92 Å². The Morgan fingerprint density at radius 1 is 1.33 bits per heavy atom. The summed E-state index contributed by atoms with van der Waals surface area (Å²) in [5.41, 5.74) is -0.387. The maximum absolute atomic E-state index is 11.6. The Morgan fingerprint density at radius 2 is 1.87 bits per heavy atom. The molecule has 3 heteroatoms. The highest BCUT2D eigenvalue weighted by Crippen LogP contribution is 2.10. The van der Waals surface area contributed by atoms with E-state index < -0.39 is 0 Å². The topological polar surface area (TPSA) is 38.3 Å². The molecule has 0 aliphatic carbocycles. The third-order valence-electron chi connectivity index (χ3n) is 2.19. The summed E-state index contributed by atoms with van der Waals surface area (Å²) in [6.45, 7) is 12.5. The van der Waals surface area contributed by atoms with E-state index in [1.165, 1.54) is 0 Å². The van der Waals surface area contributed by atoms with E-state index in [4.69, 9.17) is 4.74 Å². The maximum atomic E-state index is 11.6. The molecule has 0 saturated heterocycles. The smallest absolute Gasteiger partial charge is 0.310 e. The third-order valence-corrected chi connectivity index (χ3v) is 2.19. The molecule has 0 aliphatic rings. The fraction of sp³-hybridized carbons (Fsp3) is 0.917. The molecule has 3 nitrogen and oxygen atoms in total. The monoisotopic (exact) mass is 215 g/mol. The van der Waals surface area contributed by atoms with Crippen molar-refractivity contribution in [1.29, 1.82) is 0 Å². The molecule has 15 heavy (non-hydrogen) atoms. The number of carbonyl (C=O) groups is 1. The standard InChI is InChI=1S/C12H25NO2/c1-7-10(3)13-8-9(2)11(14)15-12(4,5)6/h9-10,13H,7-8H2,1-6H3/t9-,10+/m0/s1. The van der Waals surface area contributed by atoms with Crippen LogP contribution >= 0.6 is 0 Å². The molecule has 2 atom stereocenters. The summed E-state index contributed by atoms with van der Waals surface area (Å²) in [6.07, 6.45) is 1.07. The van der Waals surface area contributed by atoms with E-state index >= 15 is 0 Å². The molecule has 0 radical (unpaired) electrons. The lowest BCUT2D eigenvalue weighted by Crippen LogP contribution is -2.36. The fourth-order valence-electron chi connectivity index (χ4n) is 1.01. The molecule has 0 bridgehead atoms. The lowest BCUT2D eigenvalue weighted by Gasteiger charge is -2.23. The zero-order chi connectivity index (χ0) is 12.1. The van der Waals surface area contributed by atoms with Crippen LogP contribution in [-0.4, -0.2) is 24.2 Å². The van der Waals surface area contributed by atoms with Crippen molar-refractivity contribution in [3.63, 3.8) is 0 Å². The van der Waals surface area contributed by atoms with E-state index in [-0.39, 0.29) is 17.5 Å². The van der Waals surface area contributed by atoms with E-state index in [0.29, 0.717) is 12.6 Å². The minimum absolute atomic E-state index is 0.0850. The summed E-state index contributed by atoms with van der Waals surface area (Å²) in [5.74, 6) is -0.212. The van der Waals surface area contributed by atoms with E-state index in [9.17, 15) is 4.79 Å². The Morgan fingerprint density at radius 3 is 2.27 bits per heavy atom. The van der Waals surface area contributed by atoms with Gasteiger partial charge in [-0.1, -0.05) is 13.8 Å². The van der Waals surface area contributed by atoms with Crippen LogP contribution in [-0.2, 0) is 9.53 Å². The largest absolute Gasteiger partial charge is 0.460 e. The van der Waals surface area contributed by atoms with E-state index in [1.807, 2.05) is 27.7 Å². The van der Waals surface area contributed by atoms with Gasteiger partial charge >= 0.3 is 5.97 Å². The number of nitrogens with one attached hydrogen (secondary N) is 1. The van der Waals surface area contributed by atoms with Gasteiger partial charge in [0.15, 0.2) is 0 Å². The number of hydrogen-bond acceptors (Lipinski definition) is 3.